The van der Waals surface area contributed by atoms with E-state index in [9.17, 15) is 4.79 Å². The predicted octanol–water partition coefficient (Wildman–Crippen LogP) is 1.96. The molecule has 0 bridgehead atoms. The van der Waals surface area contributed by atoms with E-state index in [1.807, 2.05) is 11.8 Å². The van der Waals surface area contributed by atoms with Crippen LogP contribution in [0.1, 0.15) is 29.2 Å². The molecule has 0 saturated carbocycles. The van der Waals surface area contributed by atoms with Gasteiger partial charge in [-0.05, 0) is 31.5 Å². The molecule has 2 heterocycles. The molecule has 1 unspecified atom stereocenters. The molecule has 1 aromatic rings. The Labute approximate surface area is 98.4 Å². The minimum absolute atomic E-state index is 0.0253. The number of hydrogen-bond donors (Lipinski definition) is 2. The van der Waals surface area contributed by atoms with E-state index < -0.39 is 5.97 Å². The number of thioether (sulfide) groups is 1. The average molecular weight is 241 g/mol. The Bertz CT molecular complexity index is 358. The summed E-state index contributed by atoms with van der Waals surface area (Å²) in [6, 6.07) is 3.25. The number of piperidine rings is 1. The summed E-state index contributed by atoms with van der Waals surface area (Å²) in [5, 5.41) is 12.7. The van der Waals surface area contributed by atoms with Gasteiger partial charge in [0.1, 0.15) is 5.76 Å². The maximum absolute atomic E-state index is 10.6. The summed E-state index contributed by atoms with van der Waals surface area (Å²) in [5.74, 6) is 0.514. The van der Waals surface area contributed by atoms with Gasteiger partial charge in [0.2, 0.25) is 5.76 Å². The highest BCUT2D eigenvalue weighted by atomic mass is 32.2. The first kappa shape index (κ1) is 11.5. The second-order valence-corrected chi connectivity index (χ2v) is 5.14. The standard InChI is InChI=1S/C11H15NO3S/c13-11(14)10-4-3-8(15-10)7-16-9-2-1-5-12-6-9/h3-4,9,12H,1-2,5-7H2,(H,13,14). The van der Waals surface area contributed by atoms with E-state index >= 15 is 0 Å². The molecule has 1 aromatic heterocycles. The molecule has 88 valence electrons. The van der Waals surface area contributed by atoms with Crippen molar-refractivity contribution in [3.8, 4) is 0 Å². The quantitative estimate of drug-likeness (QED) is 0.843. The van der Waals surface area contributed by atoms with Crippen LogP contribution in [0.3, 0.4) is 0 Å². The third kappa shape index (κ3) is 3.02. The molecule has 0 amide bonds. The highest BCUT2D eigenvalue weighted by Crippen LogP contribution is 2.23. The molecule has 0 aliphatic carbocycles. The first-order valence-electron chi connectivity index (χ1n) is 5.40. The van der Waals surface area contributed by atoms with E-state index in [2.05, 4.69) is 5.32 Å². The van der Waals surface area contributed by atoms with Gasteiger partial charge in [-0.25, -0.2) is 4.79 Å². The van der Waals surface area contributed by atoms with Crippen LogP contribution in [0, 0.1) is 0 Å². The van der Waals surface area contributed by atoms with Crippen molar-refractivity contribution >= 4 is 17.7 Å². The number of carboxylic acid groups (broad SMARTS) is 1. The van der Waals surface area contributed by atoms with Crippen LogP contribution in [0.5, 0.6) is 0 Å². The molecule has 1 aliphatic rings. The van der Waals surface area contributed by atoms with Crippen LogP contribution < -0.4 is 5.32 Å². The lowest BCUT2D eigenvalue weighted by atomic mass is 10.2. The summed E-state index contributed by atoms with van der Waals surface area (Å²) in [6.45, 7) is 2.15. The summed E-state index contributed by atoms with van der Waals surface area (Å²) < 4.78 is 5.20. The fraction of sp³-hybridized carbons (Fsp3) is 0.545. The second-order valence-electron chi connectivity index (χ2n) is 3.85. The zero-order valence-electron chi connectivity index (χ0n) is 8.94. The molecule has 4 nitrogen and oxygen atoms in total. The topological polar surface area (TPSA) is 62.5 Å². The van der Waals surface area contributed by atoms with Gasteiger partial charge in [0.15, 0.2) is 0 Å². The van der Waals surface area contributed by atoms with Crippen LogP contribution in [0.4, 0.5) is 0 Å². The van der Waals surface area contributed by atoms with Crippen LogP contribution in [0.15, 0.2) is 16.5 Å². The Morgan fingerprint density at radius 3 is 3.12 bits per heavy atom. The van der Waals surface area contributed by atoms with Crippen molar-refractivity contribution in [3.05, 3.63) is 23.7 Å². The summed E-state index contributed by atoms with van der Waals surface area (Å²) in [7, 11) is 0. The van der Waals surface area contributed by atoms with Crippen molar-refractivity contribution in [2.24, 2.45) is 0 Å². The largest absolute Gasteiger partial charge is 0.475 e. The number of hydrogen-bond acceptors (Lipinski definition) is 4. The van der Waals surface area contributed by atoms with E-state index in [0.29, 0.717) is 5.25 Å². The Balaban J connectivity index is 1.81. The smallest absolute Gasteiger partial charge is 0.371 e. The number of nitrogens with one attached hydrogen (secondary N) is 1. The molecule has 1 saturated heterocycles. The van der Waals surface area contributed by atoms with Gasteiger partial charge in [0.05, 0.1) is 5.75 Å². The van der Waals surface area contributed by atoms with Gasteiger partial charge in [-0.3, -0.25) is 0 Å². The highest BCUT2D eigenvalue weighted by Gasteiger charge is 2.15. The molecule has 0 aromatic carbocycles. The molecule has 16 heavy (non-hydrogen) atoms. The lowest BCUT2D eigenvalue weighted by Crippen LogP contribution is -2.31. The van der Waals surface area contributed by atoms with E-state index in [4.69, 9.17) is 9.52 Å². The third-order valence-electron chi connectivity index (χ3n) is 2.59. The summed E-state index contributed by atoms with van der Waals surface area (Å²) >= 11 is 1.83. The molecule has 1 fully saturated rings. The van der Waals surface area contributed by atoms with Crippen molar-refractivity contribution in [2.75, 3.05) is 13.1 Å². The number of rotatable bonds is 4. The first-order chi connectivity index (χ1) is 7.75. The first-order valence-corrected chi connectivity index (χ1v) is 6.45. The van der Waals surface area contributed by atoms with E-state index in [1.165, 1.54) is 18.9 Å². The number of carbonyl (C=O) groups is 1. The van der Waals surface area contributed by atoms with E-state index in [0.717, 1.165) is 24.6 Å². The third-order valence-corrected chi connectivity index (χ3v) is 3.91. The number of aromatic carboxylic acids is 1. The Morgan fingerprint density at radius 2 is 2.50 bits per heavy atom. The SMILES string of the molecule is O=C(O)c1ccc(CSC2CCCNC2)o1. The van der Waals surface area contributed by atoms with Crippen molar-refractivity contribution in [1.82, 2.24) is 5.32 Å². The lowest BCUT2D eigenvalue weighted by Gasteiger charge is -2.21. The average Bonchev–Trinajstić information content (AvgIpc) is 2.76. The normalized spacial score (nSPS) is 20.9. The minimum Gasteiger partial charge on any atom is -0.475 e. The van der Waals surface area contributed by atoms with Gasteiger partial charge in [0, 0.05) is 11.8 Å². The van der Waals surface area contributed by atoms with Crippen LogP contribution in [-0.2, 0) is 5.75 Å². The predicted molar refractivity (Wildman–Crippen MR) is 62.9 cm³/mol. The molecule has 0 radical (unpaired) electrons. The highest BCUT2D eigenvalue weighted by molar-refractivity contribution is 7.99. The molecular weight excluding hydrogens is 226 g/mol. The minimum atomic E-state index is -1.00. The van der Waals surface area contributed by atoms with Crippen LogP contribution >= 0.6 is 11.8 Å². The van der Waals surface area contributed by atoms with Gasteiger partial charge in [-0.2, -0.15) is 0 Å². The molecule has 2 rings (SSSR count). The summed E-state index contributed by atoms with van der Waals surface area (Å²) in [4.78, 5) is 10.6. The van der Waals surface area contributed by atoms with Crippen molar-refractivity contribution in [1.29, 1.82) is 0 Å². The summed E-state index contributed by atoms with van der Waals surface area (Å²) in [6.07, 6.45) is 2.44. The Kier molecular flexibility index (Phi) is 3.90. The van der Waals surface area contributed by atoms with Gasteiger partial charge >= 0.3 is 5.97 Å². The number of carboxylic acids is 1. The molecular formula is C11H15NO3S. The molecule has 5 heteroatoms. The Hall–Kier alpha value is -0.940. The fourth-order valence-corrected chi connectivity index (χ4v) is 2.86. The van der Waals surface area contributed by atoms with E-state index in [1.54, 1.807) is 6.07 Å². The van der Waals surface area contributed by atoms with Crippen molar-refractivity contribution < 1.29 is 14.3 Å². The zero-order valence-corrected chi connectivity index (χ0v) is 9.76. The molecule has 2 N–H and O–H groups in total. The van der Waals surface area contributed by atoms with Crippen LogP contribution in [0.25, 0.3) is 0 Å². The Morgan fingerprint density at radius 1 is 1.62 bits per heavy atom. The van der Waals surface area contributed by atoms with Crippen molar-refractivity contribution in [3.63, 3.8) is 0 Å². The monoisotopic (exact) mass is 241 g/mol. The van der Waals surface area contributed by atoms with Gasteiger partial charge < -0.3 is 14.8 Å². The maximum atomic E-state index is 10.6. The molecule has 1 atom stereocenters. The zero-order chi connectivity index (χ0) is 11.4. The number of furan rings is 1. The molecule has 1 aliphatic heterocycles. The van der Waals surface area contributed by atoms with Crippen molar-refractivity contribution in [2.45, 2.75) is 23.8 Å². The van der Waals surface area contributed by atoms with Gasteiger partial charge in [0.25, 0.3) is 0 Å². The van der Waals surface area contributed by atoms with Crippen LogP contribution in [0.2, 0.25) is 0 Å². The van der Waals surface area contributed by atoms with Crippen LogP contribution in [-0.4, -0.2) is 29.4 Å². The van der Waals surface area contributed by atoms with E-state index in [-0.39, 0.29) is 5.76 Å². The second kappa shape index (κ2) is 5.41. The fourth-order valence-electron chi connectivity index (χ4n) is 1.73. The maximum Gasteiger partial charge on any atom is 0.371 e. The lowest BCUT2D eigenvalue weighted by molar-refractivity contribution is 0.0661. The molecule has 0 spiro atoms. The van der Waals surface area contributed by atoms with Gasteiger partial charge in [-0.15, -0.1) is 11.8 Å². The summed E-state index contributed by atoms with van der Waals surface area (Å²) in [5.41, 5.74) is 0. The van der Waals surface area contributed by atoms with Gasteiger partial charge in [-0.1, -0.05) is 0 Å².